The molecule has 4 heterocycles. The Labute approximate surface area is 203 Å². The van der Waals surface area contributed by atoms with Gasteiger partial charge in [0.1, 0.15) is 24.1 Å². The van der Waals surface area contributed by atoms with Crippen LogP contribution in [0.4, 0.5) is 19.0 Å². The first-order valence-electron chi connectivity index (χ1n) is 11.3. The highest BCUT2D eigenvalue weighted by atomic mass is 32.1. The number of anilines is 1. The number of ketones is 1. The lowest BCUT2D eigenvalue weighted by molar-refractivity contribution is -0.141. The molecule has 1 saturated carbocycles. The van der Waals surface area contributed by atoms with E-state index in [0.29, 0.717) is 28.2 Å². The molecule has 12 heteroatoms. The van der Waals surface area contributed by atoms with Gasteiger partial charge in [0.2, 0.25) is 5.78 Å². The van der Waals surface area contributed by atoms with Gasteiger partial charge in [-0.05, 0) is 31.7 Å². The molecule has 4 atom stereocenters. The Kier molecular flexibility index (Phi) is 6.14. The van der Waals surface area contributed by atoms with E-state index < -0.39 is 24.1 Å². The molecule has 2 N–H and O–H groups in total. The smallest absolute Gasteiger partial charge is 0.393 e. The number of carbonyl (C=O) groups excluding carboxylic acids is 1. The second-order valence-electron chi connectivity index (χ2n) is 9.02. The molecule has 0 saturated heterocycles. The van der Waals surface area contributed by atoms with Crippen molar-refractivity contribution in [2.24, 2.45) is 5.92 Å². The minimum absolute atomic E-state index is 0.0144. The first-order valence-corrected chi connectivity index (χ1v) is 12.1. The fourth-order valence-electron chi connectivity index (χ4n) is 4.68. The summed E-state index contributed by atoms with van der Waals surface area (Å²) in [4.78, 5) is 26.6. The number of nitrogens with one attached hydrogen (secondary N) is 1. The summed E-state index contributed by atoms with van der Waals surface area (Å²) < 4.78 is 46.9. The SMILES string of the molecule is Cc1sc(C(=O)c2cncnc2N[C@@H]2C[C@@H](C)[C@@H](O)C2)cc1[C@@H]1OCCn2cc(C(F)(F)F)nc21. The van der Waals surface area contributed by atoms with Crippen LogP contribution in [0.5, 0.6) is 0 Å². The van der Waals surface area contributed by atoms with Gasteiger partial charge in [0.25, 0.3) is 0 Å². The number of fused-ring (bicyclic) bond motifs is 1. The standard InChI is InChI=1S/C23H24F3N5O3S/c1-11-5-13(6-16(11)32)29-21-15(8-27-10-28-21)19(33)17-7-14(12(2)35-17)20-22-30-18(23(24,25)26)9-31(22)3-4-34-20/h7-11,13,16,20,32H,3-6H2,1-2H3,(H,27,28,29)/t11-,13-,16+,20+/m1/s1. The zero-order valence-corrected chi connectivity index (χ0v) is 19.9. The molecule has 5 rings (SSSR count). The number of aliphatic hydroxyl groups excluding tert-OH is 1. The number of nitrogens with zero attached hydrogens (tertiary/aromatic N) is 4. The molecule has 0 spiro atoms. The van der Waals surface area contributed by atoms with Gasteiger partial charge in [-0.3, -0.25) is 4.79 Å². The minimum atomic E-state index is -4.55. The highest BCUT2D eigenvalue weighted by Crippen LogP contribution is 2.38. The largest absolute Gasteiger partial charge is 0.434 e. The summed E-state index contributed by atoms with van der Waals surface area (Å²) in [6, 6.07) is 1.64. The first kappa shape index (κ1) is 23.9. The molecule has 186 valence electrons. The molecule has 0 radical (unpaired) electrons. The van der Waals surface area contributed by atoms with Crippen molar-refractivity contribution in [1.29, 1.82) is 0 Å². The van der Waals surface area contributed by atoms with Crippen LogP contribution in [0.15, 0.2) is 24.8 Å². The molecule has 3 aromatic rings. The number of aryl methyl sites for hydroxylation is 1. The van der Waals surface area contributed by atoms with E-state index in [0.717, 1.165) is 17.5 Å². The lowest BCUT2D eigenvalue weighted by Crippen LogP contribution is -2.22. The average Bonchev–Trinajstić information content (AvgIpc) is 3.50. The van der Waals surface area contributed by atoms with Crippen LogP contribution in [0.25, 0.3) is 0 Å². The molecule has 0 unspecified atom stereocenters. The van der Waals surface area contributed by atoms with E-state index in [-0.39, 0.29) is 36.7 Å². The van der Waals surface area contributed by atoms with Crippen molar-refractivity contribution < 1.29 is 27.8 Å². The normalized spacial score (nSPS) is 24.4. The molecule has 35 heavy (non-hydrogen) atoms. The predicted molar refractivity (Wildman–Crippen MR) is 121 cm³/mol. The number of rotatable bonds is 5. The minimum Gasteiger partial charge on any atom is -0.393 e. The molecule has 0 aromatic carbocycles. The van der Waals surface area contributed by atoms with E-state index in [1.807, 2.05) is 6.92 Å². The van der Waals surface area contributed by atoms with Gasteiger partial charge in [0.15, 0.2) is 5.69 Å². The molecule has 1 aliphatic heterocycles. The zero-order valence-electron chi connectivity index (χ0n) is 19.0. The first-order chi connectivity index (χ1) is 16.6. The Bertz CT molecular complexity index is 1250. The van der Waals surface area contributed by atoms with Gasteiger partial charge in [-0.2, -0.15) is 13.2 Å². The highest BCUT2D eigenvalue weighted by molar-refractivity contribution is 7.14. The average molecular weight is 508 g/mol. The number of aromatic nitrogens is 4. The Hall–Kier alpha value is -2.83. The van der Waals surface area contributed by atoms with Crippen molar-refractivity contribution in [3.8, 4) is 0 Å². The Morgan fingerprint density at radius 3 is 2.86 bits per heavy atom. The number of thiophene rings is 1. The lowest BCUT2D eigenvalue weighted by Gasteiger charge is -2.24. The molecule has 3 aromatic heterocycles. The van der Waals surface area contributed by atoms with Gasteiger partial charge >= 0.3 is 6.18 Å². The van der Waals surface area contributed by atoms with Crippen molar-refractivity contribution in [3.05, 3.63) is 57.2 Å². The summed E-state index contributed by atoms with van der Waals surface area (Å²) >= 11 is 1.24. The zero-order chi connectivity index (χ0) is 24.9. The number of ether oxygens (including phenoxy) is 1. The van der Waals surface area contributed by atoms with Crippen LogP contribution in [0.3, 0.4) is 0 Å². The third-order valence-electron chi connectivity index (χ3n) is 6.55. The van der Waals surface area contributed by atoms with E-state index in [1.165, 1.54) is 28.4 Å². The molecule has 0 amide bonds. The fourth-order valence-corrected chi connectivity index (χ4v) is 5.68. The van der Waals surface area contributed by atoms with E-state index >= 15 is 0 Å². The van der Waals surface area contributed by atoms with Gasteiger partial charge in [0.05, 0.1) is 23.2 Å². The number of imidazole rings is 1. The molecule has 2 aliphatic rings. The monoisotopic (exact) mass is 507 g/mol. The van der Waals surface area contributed by atoms with E-state index in [2.05, 4.69) is 20.3 Å². The predicted octanol–water partition coefficient (Wildman–Crippen LogP) is 3.98. The van der Waals surface area contributed by atoms with Crippen molar-refractivity contribution in [2.45, 2.75) is 57.7 Å². The second kappa shape index (κ2) is 8.99. The number of aliphatic hydroxyl groups is 1. The number of carbonyl (C=O) groups is 1. The summed E-state index contributed by atoms with van der Waals surface area (Å²) in [7, 11) is 0. The van der Waals surface area contributed by atoms with Crippen LogP contribution in [0.2, 0.25) is 0 Å². The maximum Gasteiger partial charge on any atom is 0.434 e. The lowest BCUT2D eigenvalue weighted by atomic mass is 10.1. The number of alkyl halides is 3. The number of halogens is 3. The second-order valence-corrected chi connectivity index (χ2v) is 10.3. The number of hydrogen-bond donors (Lipinski definition) is 2. The molecule has 0 bridgehead atoms. The maximum atomic E-state index is 13.4. The maximum absolute atomic E-state index is 13.4. The van der Waals surface area contributed by atoms with Gasteiger partial charge < -0.3 is 19.7 Å². The Morgan fingerprint density at radius 2 is 2.14 bits per heavy atom. The van der Waals surface area contributed by atoms with Gasteiger partial charge in [-0.15, -0.1) is 11.3 Å². The van der Waals surface area contributed by atoms with Crippen molar-refractivity contribution in [1.82, 2.24) is 19.5 Å². The van der Waals surface area contributed by atoms with Crippen molar-refractivity contribution in [2.75, 3.05) is 11.9 Å². The Balaban J connectivity index is 1.43. The van der Waals surface area contributed by atoms with Gasteiger partial charge in [-0.25, -0.2) is 15.0 Å². The van der Waals surface area contributed by atoms with Crippen LogP contribution >= 0.6 is 11.3 Å². The molecular weight excluding hydrogens is 483 g/mol. The molecule has 8 nitrogen and oxygen atoms in total. The van der Waals surface area contributed by atoms with Crippen molar-refractivity contribution in [3.63, 3.8) is 0 Å². The summed E-state index contributed by atoms with van der Waals surface area (Å²) in [5, 5.41) is 13.3. The van der Waals surface area contributed by atoms with Crippen LogP contribution in [-0.4, -0.2) is 49.2 Å². The highest BCUT2D eigenvalue weighted by Gasteiger charge is 2.38. The fraction of sp³-hybridized carbons (Fsp3) is 0.478. The summed E-state index contributed by atoms with van der Waals surface area (Å²) in [5.41, 5.74) is -0.0619. The molecular formula is C23H24F3N5O3S. The van der Waals surface area contributed by atoms with Crippen molar-refractivity contribution >= 4 is 22.9 Å². The number of hydrogen-bond acceptors (Lipinski definition) is 8. The summed E-state index contributed by atoms with van der Waals surface area (Å²) in [5.74, 6) is 0.414. The van der Waals surface area contributed by atoms with Crippen LogP contribution in [-0.2, 0) is 17.5 Å². The Morgan fingerprint density at radius 1 is 1.34 bits per heavy atom. The van der Waals surface area contributed by atoms with E-state index in [1.54, 1.807) is 13.0 Å². The van der Waals surface area contributed by atoms with Gasteiger partial charge in [0, 0.05) is 35.4 Å². The third kappa shape index (κ3) is 4.57. The van der Waals surface area contributed by atoms with Crippen LogP contribution in [0.1, 0.15) is 63.1 Å². The third-order valence-corrected chi connectivity index (χ3v) is 7.61. The molecule has 1 fully saturated rings. The van der Waals surface area contributed by atoms with Gasteiger partial charge in [-0.1, -0.05) is 6.92 Å². The van der Waals surface area contributed by atoms with E-state index in [9.17, 15) is 23.1 Å². The summed E-state index contributed by atoms with van der Waals surface area (Å²) in [6.07, 6.45) is -0.643. The molecule has 1 aliphatic carbocycles. The van der Waals surface area contributed by atoms with Crippen LogP contribution < -0.4 is 5.32 Å². The topological polar surface area (TPSA) is 102 Å². The quantitative estimate of drug-likeness (QED) is 0.504. The summed E-state index contributed by atoms with van der Waals surface area (Å²) in [6.45, 7) is 4.28. The van der Waals surface area contributed by atoms with E-state index in [4.69, 9.17) is 4.74 Å². The van der Waals surface area contributed by atoms with Crippen LogP contribution in [0, 0.1) is 12.8 Å².